The van der Waals surface area contributed by atoms with Gasteiger partial charge >= 0.3 is 0 Å². The largest absolute Gasteiger partial charge is 0.494 e. The maximum atomic E-state index is 5.86. The van der Waals surface area contributed by atoms with Gasteiger partial charge in [0.25, 0.3) is 0 Å². The van der Waals surface area contributed by atoms with Crippen molar-refractivity contribution < 1.29 is 4.74 Å². The van der Waals surface area contributed by atoms with Gasteiger partial charge in [-0.2, -0.15) is 0 Å². The van der Waals surface area contributed by atoms with Crippen molar-refractivity contribution in [2.24, 2.45) is 11.8 Å². The molecule has 0 aromatic heterocycles. The first-order valence-corrected chi connectivity index (χ1v) is 8.69. The van der Waals surface area contributed by atoms with Crippen molar-refractivity contribution in [2.75, 3.05) is 13.2 Å². The van der Waals surface area contributed by atoms with Crippen molar-refractivity contribution in [3.63, 3.8) is 0 Å². The molecule has 0 saturated heterocycles. The molecule has 0 spiro atoms. The Balaban J connectivity index is 2.39. The van der Waals surface area contributed by atoms with E-state index in [0.29, 0.717) is 5.92 Å². The third kappa shape index (κ3) is 9.15. The molecule has 0 saturated carbocycles. The normalized spacial score (nSPS) is 13.5. The van der Waals surface area contributed by atoms with Crippen LogP contribution in [-0.2, 0) is 0 Å². The first-order chi connectivity index (χ1) is 9.76. The number of hydrogen-bond donors (Lipinski definition) is 1. The highest BCUT2D eigenvalue weighted by Crippen LogP contribution is 2.19. The average Bonchev–Trinajstić information content (AvgIpc) is 2.36. The van der Waals surface area contributed by atoms with Gasteiger partial charge in [-0.05, 0) is 76.3 Å². The SMILES string of the molecule is CC(C)CC(CCOc1ccc(Br)cc1)CNC(C)(C)C. The van der Waals surface area contributed by atoms with Crippen molar-refractivity contribution >= 4 is 15.9 Å². The molecule has 1 unspecified atom stereocenters. The second-order valence-electron chi connectivity index (χ2n) is 7.22. The van der Waals surface area contributed by atoms with Crippen LogP contribution in [-0.4, -0.2) is 18.7 Å². The lowest BCUT2D eigenvalue weighted by molar-refractivity contribution is 0.246. The minimum Gasteiger partial charge on any atom is -0.494 e. The van der Waals surface area contributed by atoms with Gasteiger partial charge in [0.1, 0.15) is 5.75 Å². The third-order valence-corrected chi connectivity index (χ3v) is 3.86. The molecule has 0 heterocycles. The second-order valence-corrected chi connectivity index (χ2v) is 8.13. The van der Waals surface area contributed by atoms with E-state index in [1.165, 1.54) is 6.42 Å². The molecule has 1 rings (SSSR count). The van der Waals surface area contributed by atoms with Crippen LogP contribution < -0.4 is 10.1 Å². The van der Waals surface area contributed by atoms with Gasteiger partial charge in [-0.15, -0.1) is 0 Å². The molecule has 0 aliphatic heterocycles. The number of hydrogen-bond acceptors (Lipinski definition) is 2. The Kier molecular flexibility index (Phi) is 7.75. The summed E-state index contributed by atoms with van der Waals surface area (Å²) in [5.41, 5.74) is 0.182. The molecule has 1 N–H and O–H groups in total. The molecule has 0 radical (unpaired) electrons. The molecule has 3 heteroatoms. The van der Waals surface area contributed by atoms with Gasteiger partial charge in [0.2, 0.25) is 0 Å². The van der Waals surface area contributed by atoms with Gasteiger partial charge in [-0.25, -0.2) is 0 Å². The number of halogens is 1. The van der Waals surface area contributed by atoms with Gasteiger partial charge in [0.05, 0.1) is 6.61 Å². The summed E-state index contributed by atoms with van der Waals surface area (Å²) in [6.45, 7) is 13.1. The summed E-state index contributed by atoms with van der Waals surface area (Å²) in [6, 6.07) is 8.05. The zero-order chi connectivity index (χ0) is 15.9. The van der Waals surface area contributed by atoms with Gasteiger partial charge < -0.3 is 10.1 Å². The van der Waals surface area contributed by atoms with Crippen molar-refractivity contribution in [3.05, 3.63) is 28.7 Å². The smallest absolute Gasteiger partial charge is 0.119 e. The van der Waals surface area contributed by atoms with Crippen LogP contribution in [0.25, 0.3) is 0 Å². The Morgan fingerprint density at radius 3 is 2.29 bits per heavy atom. The summed E-state index contributed by atoms with van der Waals surface area (Å²) in [6.07, 6.45) is 2.34. The number of benzene rings is 1. The molecular formula is C18H30BrNO. The molecule has 120 valence electrons. The fourth-order valence-corrected chi connectivity index (χ4v) is 2.56. The first-order valence-electron chi connectivity index (χ1n) is 7.89. The molecule has 1 aromatic rings. The van der Waals surface area contributed by atoms with E-state index in [0.717, 1.165) is 35.7 Å². The van der Waals surface area contributed by atoms with E-state index < -0.39 is 0 Å². The molecule has 1 aromatic carbocycles. The lowest BCUT2D eigenvalue weighted by atomic mass is 9.93. The maximum absolute atomic E-state index is 5.86. The predicted molar refractivity (Wildman–Crippen MR) is 95.0 cm³/mol. The lowest BCUT2D eigenvalue weighted by Crippen LogP contribution is -2.39. The Hall–Kier alpha value is -0.540. The van der Waals surface area contributed by atoms with E-state index in [4.69, 9.17) is 4.74 Å². The molecule has 21 heavy (non-hydrogen) atoms. The summed E-state index contributed by atoms with van der Waals surface area (Å²) < 4.78 is 6.94. The van der Waals surface area contributed by atoms with E-state index in [1.54, 1.807) is 0 Å². The average molecular weight is 356 g/mol. The molecule has 0 bridgehead atoms. The van der Waals surface area contributed by atoms with E-state index in [2.05, 4.69) is 55.9 Å². The van der Waals surface area contributed by atoms with Crippen LogP contribution in [0.15, 0.2) is 28.7 Å². The van der Waals surface area contributed by atoms with E-state index in [-0.39, 0.29) is 5.54 Å². The van der Waals surface area contributed by atoms with Crippen molar-refractivity contribution in [1.82, 2.24) is 5.32 Å². The van der Waals surface area contributed by atoms with Crippen LogP contribution in [0.3, 0.4) is 0 Å². The highest BCUT2D eigenvalue weighted by Gasteiger charge is 2.15. The summed E-state index contributed by atoms with van der Waals surface area (Å²) in [5.74, 6) is 2.34. The molecule has 0 aliphatic rings. The minimum absolute atomic E-state index is 0.182. The number of rotatable bonds is 8. The Morgan fingerprint density at radius 2 is 1.76 bits per heavy atom. The number of nitrogens with one attached hydrogen (secondary N) is 1. The molecule has 0 amide bonds. The maximum Gasteiger partial charge on any atom is 0.119 e. The monoisotopic (exact) mass is 355 g/mol. The van der Waals surface area contributed by atoms with Crippen molar-refractivity contribution in [3.8, 4) is 5.75 Å². The molecule has 0 fully saturated rings. The van der Waals surface area contributed by atoms with E-state index >= 15 is 0 Å². The molecule has 0 aliphatic carbocycles. The summed E-state index contributed by atoms with van der Waals surface area (Å²) in [5, 5.41) is 3.62. The van der Waals surface area contributed by atoms with Crippen LogP contribution in [0.4, 0.5) is 0 Å². The van der Waals surface area contributed by atoms with Crippen LogP contribution in [0.2, 0.25) is 0 Å². The topological polar surface area (TPSA) is 21.3 Å². The van der Waals surface area contributed by atoms with Gasteiger partial charge in [0.15, 0.2) is 0 Å². The molecule has 2 nitrogen and oxygen atoms in total. The first kappa shape index (κ1) is 18.5. The van der Waals surface area contributed by atoms with E-state index in [1.807, 2.05) is 24.3 Å². The van der Waals surface area contributed by atoms with Gasteiger partial charge in [-0.3, -0.25) is 0 Å². The van der Waals surface area contributed by atoms with Crippen molar-refractivity contribution in [1.29, 1.82) is 0 Å². The fraction of sp³-hybridized carbons (Fsp3) is 0.667. The predicted octanol–water partition coefficient (Wildman–Crippen LogP) is 5.27. The van der Waals surface area contributed by atoms with Gasteiger partial charge in [0, 0.05) is 10.0 Å². The Morgan fingerprint density at radius 1 is 1.14 bits per heavy atom. The van der Waals surface area contributed by atoms with Crippen LogP contribution in [0.5, 0.6) is 5.75 Å². The van der Waals surface area contributed by atoms with Crippen LogP contribution in [0.1, 0.15) is 47.5 Å². The highest BCUT2D eigenvalue weighted by molar-refractivity contribution is 9.10. The van der Waals surface area contributed by atoms with Crippen molar-refractivity contribution in [2.45, 2.75) is 53.0 Å². The number of ether oxygens (including phenoxy) is 1. The van der Waals surface area contributed by atoms with Crippen LogP contribution >= 0.6 is 15.9 Å². The standard InChI is InChI=1S/C18H30BrNO/c1-14(2)12-15(13-20-18(3,4)5)10-11-21-17-8-6-16(19)7-9-17/h6-9,14-15,20H,10-13H2,1-5H3. The third-order valence-electron chi connectivity index (χ3n) is 3.33. The Labute approximate surface area is 138 Å². The quantitative estimate of drug-likeness (QED) is 0.685. The second kappa shape index (κ2) is 8.79. The van der Waals surface area contributed by atoms with E-state index in [9.17, 15) is 0 Å². The lowest BCUT2D eigenvalue weighted by Gasteiger charge is -2.26. The zero-order valence-corrected chi connectivity index (χ0v) is 15.7. The Bertz CT molecular complexity index is 395. The van der Waals surface area contributed by atoms with Gasteiger partial charge in [-0.1, -0.05) is 29.8 Å². The zero-order valence-electron chi connectivity index (χ0n) is 14.1. The molecular weight excluding hydrogens is 326 g/mol. The molecule has 1 atom stereocenters. The summed E-state index contributed by atoms with van der Waals surface area (Å²) >= 11 is 3.44. The van der Waals surface area contributed by atoms with Crippen LogP contribution in [0, 0.1) is 11.8 Å². The highest BCUT2D eigenvalue weighted by atomic mass is 79.9. The minimum atomic E-state index is 0.182. The summed E-state index contributed by atoms with van der Waals surface area (Å²) in [7, 11) is 0. The fourth-order valence-electron chi connectivity index (χ4n) is 2.29. The summed E-state index contributed by atoms with van der Waals surface area (Å²) in [4.78, 5) is 0.